The summed E-state index contributed by atoms with van der Waals surface area (Å²) >= 11 is 0. The van der Waals surface area contributed by atoms with E-state index in [9.17, 15) is 4.79 Å². The molecule has 2 aromatic carbocycles. The van der Waals surface area contributed by atoms with Gasteiger partial charge in [-0.25, -0.2) is 9.97 Å². The molecule has 0 radical (unpaired) electrons. The number of aliphatic imine (C=N–C) groups is 1. The fourth-order valence-electron chi connectivity index (χ4n) is 3.24. The first-order chi connectivity index (χ1) is 17.5. The first-order valence-corrected chi connectivity index (χ1v) is 10.7. The highest BCUT2D eigenvalue weighted by Crippen LogP contribution is 2.36. The third kappa shape index (κ3) is 5.44. The Labute approximate surface area is 206 Å². The van der Waals surface area contributed by atoms with Gasteiger partial charge in [0.25, 0.3) is 5.91 Å². The average Bonchev–Trinajstić information content (AvgIpc) is 3.33. The molecule has 1 amide bonds. The van der Waals surface area contributed by atoms with Crippen molar-refractivity contribution in [3.05, 3.63) is 78.5 Å². The number of hydrogen-bond acceptors (Lipinski definition) is 10. The highest BCUT2D eigenvalue weighted by Gasteiger charge is 2.18. The molecule has 0 bridgehead atoms. The lowest BCUT2D eigenvalue weighted by Gasteiger charge is -2.15. The molecule has 36 heavy (non-hydrogen) atoms. The fraction of sp³-hybridized carbons (Fsp3) is 0.0833. The minimum absolute atomic E-state index is 0.0835. The number of carbonyl (C=O) groups excluding carboxylic acids is 1. The smallest absolute Gasteiger partial charge is 0.254 e. The van der Waals surface area contributed by atoms with Crippen LogP contribution in [0, 0.1) is 0 Å². The third-order valence-corrected chi connectivity index (χ3v) is 4.91. The molecular formula is C24H24N10O2. The number of carbonyl (C=O) groups is 1. The summed E-state index contributed by atoms with van der Waals surface area (Å²) in [5.41, 5.74) is 13.8. The van der Waals surface area contributed by atoms with Gasteiger partial charge in [-0.05, 0) is 24.3 Å². The number of ether oxygens (including phenoxy) is 1. The van der Waals surface area contributed by atoms with Gasteiger partial charge in [-0.1, -0.05) is 24.3 Å². The number of rotatable bonds is 9. The number of nitrogens with one attached hydrogen (secondary N) is 2. The number of benzene rings is 2. The number of nitrogens with zero attached hydrogens (tertiary/aromatic N) is 6. The first-order valence-electron chi connectivity index (χ1n) is 10.7. The summed E-state index contributed by atoms with van der Waals surface area (Å²) < 4.78 is 7.22. The van der Waals surface area contributed by atoms with Crippen molar-refractivity contribution in [3.8, 4) is 17.1 Å². The van der Waals surface area contributed by atoms with Crippen LogP contribution in [0.5, 0.6) is 5.75 Å². The predicted octanol–water partition coefficient (Wildman–Crippen LogP) is 2.74. The third-order valence-electron chi connectivity index (χ3n) is 4.91. The Morgan fingerprint density at radius 2 is 1.94 bits per heavy atom. The summed E-state index contributed by atoms with van der Waals surface area (Å²) in [5.74, 6) is 0.574. The first kappa shape index (κ1) is 23.9. The number of para-hydroxylation sites is 2. The van der Waals surface area contributed by atoms with E-state index in [1.807, 2.05) is 36.4 Å². The molecule has 4 rings (SSSR count). The van der Waals surface area contributed by atoms with Crippen LogP contribution in [-0.4, -0.2) is 44.0 Å². The van der Waals surface area contributed by atoms with Crippen molar-refractivity contribution in [2.75, 3.05) is 17.7 Å². The van der Waals surface area contributed by atoms with E-state index in [1.165, 1.54) is 19.5 Å². The molecule has 6 N–H and O–H groups in total. The van der Waals surface area contributed by atoms with Crippen LogP contribution in [0.15, 0.2) is 77.9 Å². The maximum Gasteiger partial charge on any atom is 0.254 e. The Kier molecular flexibility index (Phi) is 7.15. The van der Waals surface area contributed by atoms with Crippen LogP contribution in [0.25, 0.3) is 11.4 Å². The number of methoxy groups -OCH3 is 1. The number of aryl methyl sites for hydroxylation is 1. The minimum Gasteiger partial charge on any atom is -0.494 e. The van der Waals surface area contributed by atoms with E-state index < -0.39 is 5.91 Å². The van der Waals surface area contributed by atoms with Crippen molar-refractivity contribution in [2.45, 2.75) is 0 Å². The zero-order chi connectivity index (χ0) is 25.5. The normalized spacial score (nSPS) is 11.4. The largest absolute Gasteiger partial charge is 0.494 e. The maximum absolute atomic E-state index is 12.1. The molecular weight excluding hydrogens is 460 g/mol. The molecule has 0 saturated heterocycles. The molecule has 182 valence electrons. The Morgan fingerprint density at radius 1 is 1.14 bits per heavy atom. The molecule has 12 nitrogen and oxygen atoms in total. The van der Waals surface area contributed by atoms with Crippen LogP contribution in [-0.2, 0) is 7.05 Å². The summed E-state index contributed by atoms with van der Waals surface area (Å²) in [6.07, 6.45) is 5.78. The molecule has 0 aliphatic carbocycles. The van der Waals surface area contributed by atoms with Gasteiger partial charge in [0.15, 0.2) is 11.6 Å². The molecule has 0 spiro atoms. The van der Waals surface area contributed by atoms with E-state index in [0.717, 1.165) is 5.69 Å². The van der Waals surface area contributed by atoms with Gasteiger partial charge >= 0.3 is 0 Å². The number of anilines is 3. The predicted molar refractivity (Wildman–Crippen MR) is 137 cm³/mol. The van der Waals surface area contributed by atoms with Crippen LogP contribution >= 0.6 is 0 Å². The van der Waals surface area contributed by atoms with E-state index in [4.69, 9.17) is 16.2 Å². The number of aromatic nitrogens is 5. The lowest BCUT2D eigenvalue weighted by molar-refractivity contribution is 0.100. The molecule has 0 aliphatic heterocycles. The molecule has 4 aromatic rings. The number of nitrogens with two attached hydrogens (primary N) is 2. The molecule has 0 unspecified atom stereocenters. The highest BCUT2D eigenvalue weighted by atomic mass is 16.5. The summed E-state index contributed by atoms with van der Waals surface area (Å²) in [6.45, 7) is 0. The van der Waals surface area contributed by atoms with Gasteiger partial charge in [-0.3, -0.25) is 14.5 Å². The summed E-state index contributed by atoms with van der Waals surface area (Å²) in [4.78, 5) is 29.3. The van der Waals surface area contributed by atoms with E-state index in [-0.39, 0.29) is 17.3 Å². The van der Waals surface area contributed by atoms with Crippen LogP contribution in [0.3, 0.4) is 0 Å². The molecule has 2 aromatic heterocycles. The highest BCUT2D eigenvalue weighted by molar-refractivity contribution is 5.98. The second kappa shape index (κ2) is 10.8. The van der Waals surface area contributed by atoms with E-state index in [1.54, 1.807) is 36.4 Å². The topological polar surface area (TPSA) is 171 Å². The van der Waals surface area contributed by atoms with E-state index in [0.29, 0.717) is 28.5 Å². The van der Waals surface area contributed by atoms with Crippen LogP contribution in [0.1, 0.15) is 10.4 Å². The van der Waals surface area contributed by atoms with Crippen molar-refractivity contribution >= 4 is 35.3 Å². The number of hydrogen-bond donors (Lipinski definition) is 4. The standard InChI is InChI=1S/C24H24N10O2/c1-34-14-29-22(33-34)17-9-6-10-19(20(17)36-2)31-23-18(21(26)35)13-28-24(32-23)30-16(11-25)12-27-15-7-4-3-5-8-15/h3-14H,25H2,1-2H3,(H2,26,35)(H2,28,30,31,32)/b16-11+,27-12?. The Hall–Kier alpha value is -5.26. The average molecular weight is 485 g/mol. The maximum atomic E-state index is 12.1. The van der Waals surface area contributed by atoms with Gasteiger partial charge in [0, 0.05) is 19.4 Å². The zero-order valence-electron chi connectivity index (χ0n) is 19.6. The summed E-state index contributed by atoms with van der Waals surface area (Å²) in [5, 5.41) is 10.4. The van der Waals surface area contributed by atoms with Gasteiger partial charge in [-0.2, -0.15) is 10.1 Å². The second-order valence-electron chi connectivity index (χ2n) is 7.41. The van der Waals surface area contributed by atoms with Gasteiger partial charge in [0.05, 0.1) is 36.0 Å². The van der Waals surface area contributed by atoms with Crippen LogP contribution in [0.4, 0.5) is 23.1 Å². The van der Waals surface area contributed by atoms with E-state index in [2.05, 4.69) is 35.7 Å². The lowest BCUT2D eigenvalue weighted by Crippen LogP contribution is -2.16. The van der Waals surface area contributed by atoms with Crippen LogP contribution in [0.2, 0.25) is 0 Å². The second-order valence-corrected chi connectivity index (χ2v) is 7.41. The molecule has 0 fully saturated rings. The van der Waals surface area contributed by atoms with Gasteiger partial charge < -0.3 is 26.8 Å². The SMILES string of the molecule is COc1c(Nc2nc(N/C(C=Nc3ccccc3)=C/N)ncc2C(N)=O)cccc1-c1ncn(C)n1. The van der Waals surface area contributed by atoms with Gasteiger partial charge in [0.1, 0.15) is 17.7 Å². The zero-order valence-corrected chi connectivity index (χ0v) is 19.6. The molecule has 0 saturated carbocycles. The minimum atomic E-state index is -0.703. The number of amides is 1. The summed E-state index contributed by atoms with van der Waals surface area (Å²) in [6, 6.07) is 14.8. The monoisotopic (exact) mass is 484 g/mol. The van der Waals surface area contributed by atoms with Gasteiger partial charge in [0.2, 0.25) is 5.95 Å². The molecule has 0 atom stereocenters. The van der Waals surface area contributed by atoms with E-state index >= 15 is 0 Å². The lowest BCUT2D eigenvalue weighted by atomic mass is 10.1. The Bertz CT molecular complexity index is 1430. The van der Waals surface area contributed by atoms with Crippen molar-refractivity contribution < 1.29 is 9.53 Å². The van der Waals surface area contributed by atoms with Crippen molar-refractivity contribution in [2.24, 2.45) is 23.5 Å². The number of primary amides is 1. The van der Waals surface area contributed by atoms with Crippen molar-refractivity contribution in [1.29, 1.82) is 0 Å². The van der Waals surface area contributed by atoms with Gasteiger partial charge in [-0.15, -0.1) is 0 Å². The van der Waals surface area contributed by atoms with Crippen molar-refractivity contribution in [1.82, 2.24) is 24.7 Å². The molecule has 2 heterocycles. The Morgan fingerprint density at radius 3 is 2.61 bits per heavy atom. The Balaban J connectivity index is 1.65. The molecule has 0 aliphatic rings. The number of allylic oxidation sites excluding steroid dienone is 1. The quantitative estimate of drug-likeness (QED) is 0.261. The molecule has 12 heteroatoms. The van der Waals surface area contributed by atoms with Crippen LogP contribution < -0.4 is 26.8 Å². The fourth-order valence-corrected chi connectivity index (χ4v) is 3.24. The van der Waals surface area contributed by atoms with Crippen molar-refractivity contribution in [3.63, 3.8) is 0 Å². The summed E-state index contributed by atoms with van der Waals surface area (Å²) in [7, 11) is 3.30.